The number of hydrogen-bond acceptors (Lipinski definition) is 5. The molecule has 0 spiro atoms. The van der Waals surface area contributed by atoms with Crippen LogP contribution >= 0.6 is 0 Å². The maximum Gasteiger partial charge on any atom is 0.340 e. The second-order valence-corrected chi connectivity index (χ2v) is 8.37. The summed E-state index contributed by atoms with van der Waals surface area (Å²) < 4.78 is 10.9. The Kier molecular flexibility index (Phi) is 8.86. The van der Waals surface area contributed by atoms with Crippen molar-refractivity contribution in [3.63, 3.8) is 0 Å². The molecule has 0 aliphatic heterocycles. The molecule has 0 aromatic heterocycles. The number of ether oxygens (including phenoxy) is 2. The number of anilines is 2. The van der Waals surface area contributed by atoms with Gasteiger partial charge in [0, 0.05) is 11.4 Å². The molecule has 3 aromatic carbocycles. The standard InChI is InChI=1S/C29H33NO4/c1-5-15-33-28(31)27(29(32)34-16-6-2)30(26-18-21(3)17-22(4)19-26)25-14-10-13-24(20-25)23-11-8-7-9-12-23/h7-14,17-20,27H,5-6,15-16H2,1-4H3. The fraction of sp³-hybridized carbons (Fsp3) is 0.310. The van der Waals surface area contributed by atoms with Crippen LogP contribution in [0, 0.1) is 13.8 Å². The number of hydrogen-bond donors (Lipinski definition) is 0. The van der Waals surface area contributed by atoms with Gasteiger partial charge in [0.25, 0.3) is 0 Å². The van der Waals surface area contributed by atoms with Crippen LogP contribution in [0.2, 0.25) is 0 Å². The van der Waals surface area contributed by atoms with Crippen molar-refractivity contribution in [1.29, 1.82) is 0 Å². The Morgan fingerprint density at radius 2 is 1.26 bits per heavy atom. The van der Waals surface area contributed by atoms with E-state index in [1.165, 1.54) is 0 Å². The summed E-state index contributed by atoms with van der Waals surface area (Å²) in [7, 11) is 0. The number of benzene rings is 3. The lowest BCUT2D eigenvalue weighted by Gasteiger charge is -2.31. The number of carbonyl (C=O) groups is 2. The van der Waals surface area contributed by atoms with Crippen molar-refractivity contribution in [1.82, 2.24) is 0 Å². The van der Waals surface area contributed by atoms with Crippen molar-refractivity contribution in [2.24, 2.45) is 0 Å². The summed E-state index contributed by atoms with van der Waals surface area (Å²) >= 11 is 0. The molecular formula is C29H33NO4. The molecular weight excluding hydrogens is 426 g/mol. The Hall–Kier alpha value is -3.60. The van der Waals surface area contributed by atoms with Gasteiger partial charge in [-0.25, -0.2) is 9.59 Å². The molecule has 0 atom stereocenters. The summed E-state index contributed by atoms with van der Waals surface area (Å²) in [6.07, 6.45) is 1.32. The van der Waals surface area contributed by atoms with Crippen molar-refractivity contribution in [2.75, 3.05) is 18.1 Å². The second-order valence-electron chi connectivity index (χ2n) is 8.37. The highest BCUT2D eigenvalue weighted by Gasteiger charge is 2.37. The lowest BCUT2D eigenvalue weighted by atomic mass is 10.0. The molecule has 0 aliphatic carbocycles. The lowest BCUT2D eigenvalue weighted by molar-refractivity contribution is -0.156. The first-order valence-corrected chi connectivity index (χ1v) is 11.8. The van der Waals surface area contributed by atoms with Gasteiger partial charge in [-0.2, -0.15) is 0 Å². The van der Waals surface area contributed by atoms with Crippen LogP contribution in [0.1, 0.15) is 37.8 Å². The summed E-state index contributed by atoms with van der Waals surface area (Å²) in [5.41, 5.74) is 5.52. The number of esters is 2. The molecule has 0 saturated heterocycles. The highest BCUT2D eigenvalue weighted by Crippen LogP contribution is 2.33. The topological polar surface area (TPSA) is 55.8 Å². The van der Waals surface area contributed by atoms with E-state index in [-0.39, 0.29) is 13.2 Å². The Labute approximate surface area is 202 Å². The van der Waals surface area contributed by atoms with Crippen LogP contribution in [0.4, 0.5) is 11.4 Å². The zero-order valence-corrected chi connectivity index (χ0v) is 20.4. The minimum Gasteiger partial charge on any atom is -0.464 e. The molecule has 0 heterocycles. The van der Waals surface area contributed by atoms with Crippen molar-refractivity contribution in [2.45, 2.75) is 46.6 Å². The van der Waals surface area contributed by atoms with Gasteiger partial charge in [0.05, 0.1) is 13.2 Å². The van der Waals surface area contributed by atoms with E-state index in [4.69, 9.17) is 9.47 Å². The van der Waals surface area contributed by atoms with Gasteiger partial charge >= 0.3 is 11.9 Å². The zero-order valence-electron chi connectivity index (χ0n) is 20.4. The third-order valence-corrected chi connectivity index (χ3v) is 5.32. The smallest absolute Gasteiger partial charge is 0.340 e. The summed E-state index contributed by atoms with van der Waals surface area (Å²) in [6, 6.07) is 22.6. The molecule has 0 unspecified atom stereocenters. The maximum absolute atomic E-state index is 13.3. The van der Waals surface area contributed by atoms with E-state index in [9.17, 15) is 9.59 Å². The van der Waals surface area contributed by atoms with Crippen molar-refractivity contribution >= 4 is 23.3 Å². The highest BCUT2D eigenvalue weighted by atomic mass is 16.6. The lowest BCUT2D eigenvalue weighted by Crippen LogP contribution is -2.46. The van der Waals surface area contributed by atoms with Crippen molar-refractivity contribution in [3.8, 4) is 11.1 Å². The summed E-state index contributed by atoms with van der Waals surface area (Å²) in [6.45, 7) is 8.30. The first-order valence-electron chi connectivity index (χ1n) is 11.8. The van der Waals surface area contributed by atoms with Gasteiger partial charge < -0.3 is 14.4 Å². The van der Waals surface area contributed by atoms with Crippen LogP contribution in [0.5, 0.6) is 0 Å². The first kappa shape index (κ1) is 25.0. The van der Waals surface area contributed by atoms with Gasteiger partial charge in [-0.3, -0.25) is 0 Å². The Balaban J connectivity index is 2.17. The largest absolute Gasteiger partial charge is 0.464 e. The summed E-state index contributed by atoms with van der Waals surface area (Å²) in [5, 5.41) is 0. The molecule has 0 fully saturated rings. The molecule has 0 amide bonds. The van der Waals surface area contributed by atoms with Crippen molar-refractivity contribution < 1.29 is 19.1 Å². The average molecular weight is 460 g/mol. The Morgan fingerprint density at radius 1 is 0.706 bits per heavy atom. The van der Waals surface area contributed by atoms with E-state index >= 15 is 0 Å². The molecule has 3 aromatic rings. The zero-order chi connectivity index (χ0) is 24.5. The van der Waals surface area contributed by atoms with Gasteiger partial charge in [0.2, 0.25) is 6.04 Å². The average Bonchev–Trinajstić information content (AvgIpc) is 2.84. The van der Waals surface area contributed by atoms with E-state index in [1.807, 2.05) is 94.4 Å². The predicted molar refractivity (Wildman–Crippen MR) is 136 cm³/mol. The van der Waals surface area contributed by atoms with Crippen LogP contribution in [0.3, 0.4) is 0 Å². The molecule has 0 aliphatic rings. The molecule has 178 valence electrons. The van der Waals surface area contributed by atoms with Crippen LogP contribution < -0.4 is 4.90 Å². The summed E-state index contributed by atoms with van der Waals surface area (Å²) in [5.74, 6) is -1.24. The molecule has 3 rings (SSSR count). The van der Waals surface area contributed by atoms with Gasteiger partial charge in [-0.15, -0.1) is 0 Å². The predicted octanol–water partition coefficient (Wildman–Crippen LogP) is 6.38. The van der Waals surface area contributed by atoms with E-state index < -0.39 is 18.0 Å². The molecule has 5 nitrogen and oxygen atoms in total. The number of aryl methyl sites for hydroxylation is 2. The Morgan fingerprint density at radius 3 is 1.82 bits per heavy atom. The third kappa shape index (κ3) is 6.25. The summed E-state index contributed by atoms with van der Waals surface area (Å²) in [4.78, 5) is 28.2. The maximum atomic E-state index is 13.3. The number of carbonyl (C=O) groups excluding carboxylic acids is 2. The third-order valence-electron chi connectivity index (χ3n) is 5.32. The monoisotopic (exact) mass is 459 g/mol. The fourth-order valence-electron chi connectivity index (χ4n) is 3.87. The van der Waals surface area contributed by atoms with Gasteiger partial charge in [-0.05, 0) is 73.2 Å². The van der Waals surface area contributed by atoms with E-state index in [0.29, 0.717) is 18.5 Å². The number of rotatable bonds is 10. The van der Waals surface area contributed by atoms with Crippen LogP contribution in [-0.2, 0) is 19.1 Å². The first-order chi connectivity index (χ1) is 16.4. The van der Waals surface area contributed by atoms with Gasteiger partial charge in [0.15, 0.2) is 0 Å². The van der Waals surface area contributed by atoms with Crippen LogP contribution in [0.25, 0.3) is 11.1 Å². The van der Waals surface area contributed by atoms with Gasteiger partial charge in [0.1, 0.15) is 0 Å². The van der Waals surface area contributed by atoms with Crippen LogP contribution in [-0.4, -0.2) is 31.2 Å². The molecule has 0 saturated carbocycles. The van der Waals surface area contributed by atoms with Gasteiger partial charge in [-0.1, -0.05) is 62.4 Å². The van der Waals surface area contributed by atoms with E-state index in [0.717, 1.165) is 27.9 Å². The molecule has 34 heavy (non-hydrogen) atoms. The van der Waals surface area contributed by atoms with E-state index in [1.54, 1.807) is 4.90 Å². The number of nitrogens with zero attached hydrogens (tertiary/aromatic N) is 1. The molecule has 5 heteroatoms. The normalized spacial score (nSPS) is 10.7. The fourth-order valence-corrected chi connectivity index (χ4v) is 3.87. The van der Waals surface area contributed by atoms with Crippen LogP contribution in [0.15, 0.2) is 72.8 Å². The molecule has 0 radical (unpaired) electrons. The minimum atomic E-state index is -1.26. The minimum absolute atomic E-state index is 0.237. The van der Waals surface area contributed by atoms with E-state index in [2.05, 4.69) is 6.07 Å². The molecule has 0 bridgehead atoms. The molecule has 0 N–H and O–H groups in total. The Bertz CT molecular complexity index is 1070. The SMILES string of the molecule is CCCOC(=O)C(C(=O)OCCC)N(c1cc(C)cc(C)c1)c1cccc(-c2ccccc2)c1. The second kappa shape index (κ2) is 12.0. The quantitative estimate of drug-likeness (QED) is 0.260. The highest BCUT2D eigenvalue weighted by molar-refractivity contribution is 6.04. The van der Waals surface area contributed by atoms with Crippen molar-refractivity contribution in [3.05, 3.63) is 83.9 Å².